The lowest BCUT2D eigenvalue weighted by atomic mass is 10.0. The average Bonchev–Trinajstić information content (AvgIpc) is 3.23. The van der Waals surface area contributed by atoms with Gasteiger partial charge in [0, 0.05) is 35.5 Å². The summed E-state index contributed by atoms with van der Waals surface area (Å²) in [6.07, 6.45) is 2.31. The molecule has 0 spiro atoms. The zero-order valence-electron chi connectivity index (χ0n) is 15.7. The van der Waals surface area contributed by atoms with Gasteiger partial charge in [-0.25, -0.2) is 4.98 Å². The van der Waals surface area contributed by atoms with E-state index in [9.17, 15) is 9.90 Å². The summed E-state index contributed by atoms with van der Waals surface area (Å²) in [6.45, 7) is 4.41. The Morgan fingerprint density at radius 2 is 2.18 bits per heavy atom. The van der Waals surface area contributed by atoms with Crippen molar-refractivity contribution in [2.45, 2.75) is 32.8 Å². The van der Waals surface area contributed by atoms with Crippen LogP contribution in [0.3, 0.4) is 0 Å². The Bertz CT molecular complexity index is 1030. The first-order chi connectivity index (χ1) is 13.5. The molecule has 1 aliphatic rings. The summed E-state index contributed by atoms with van der Waals surface area (Å²) in [7, 11) is 0. The summed E-state index contributed by atoms with van der Waals surface area (Å²) >= 11 is 0. The van der Waals surface area contributed by atoms with E-state index in [-0.39, 0.29) is 18.4 Å². The molecule has 0 unspecified atom stereocenters. The lowest BCUT2D eigenvalue weighted by Crippen LogP contribution is -2.22. The van der Waals surface area contributed by atoms with Gasteiger partial charge in [0.2, 0.25) is 5.89 Å². The van der Waals surface area contributed by atoms with Crippen molar-refractivity contribution in [3.63, 3.8) is 0 Å². The molecule has 144 valence electrons. The van der Waals surface area contributed by atoms with Gasteiger partial charge in [0.15, 0.2) is 5.58 Å². The van der Waals surface area contributed by atoms with Crippen LogP contribution in [-0.4, -0.2) is 23.7 Å². The molecule has 4 rings (SSSR count). The number of aliphatic carboxylic acids is 1. The molecule has 2 heterocycles. The van der Waals surface area contributed by atoms with Gasteiger partial charge in [-0.05, 0) is 44.2 Å². The Labute approximate surface area is 162 Å². The topological polar surface area (TPSA) is 84.6 Å². The van der Waals surface area contributed by atoms with E-state index in [0.717, 1.165) is 17.7 Å². The monoisotopic (exact) mass is 378 g/mol. The number of ether oxygens (including phenoxy) is 2. The molecular weight excluding hydrogens is 358 g/mol. The van der Waals surface area contributed by atoms with E-state index in [1.165, 1.54) is 0 Å². The number of benzene rings is 2. The number of nitrogens with zero attached hydrogens (tertiary/aromatic N) is 1. The first kappa shape index (κ1) is 18.1. The van der Waals surface area contributed by atoms with Gasteiger partial charge in [0.1, 0.15) is 23.1 Å². The number of hydrogen-bond donors (Lipinski definition) is 0. The smallest absolute Gasteiger partial charge is 0.223 e. The van der Waals surface area contributed by atoms with Crippen molar-refractivity contribution in [2.24, 2.45) is 0 Å². The molecule has 6 heteroatoms. The summed E-state index contributed by atoms with van der Waals surface area (Å²) in [4.78, 5) is 15.8. The third kappa shape index (κ3) is 3.58. The van der Waals surface area contributed by atoms with Gasteiger partial charge in [0.25, 0.3) is 0 Å². The van der Waals surface area contributed by atoms with E-state index >= 15 is 0 Å². The maximum absolute atomic E-state index is 11.4. The quantitative estimate of drug-likeness (QED) is 0.655. The van der Waals surface area contributed by atoms with E-state index < -0.39 is 5.97 Å². The van der Waals surface area contributed by atoms with Crippen molar-refractivity contribution in [2.75, 3.05) is 6.61 Å². The standard InChI is InChI=1S/C22H21NO5/c1-3-26-19-10-14-8-13(2)27-20(14)11-15(19)9-16(12-21(24)25)22-23-17-6-4-5-7-18(17)28-22/h4-7,9-11,13H,3,8,12H2,1-2H3,(H,24,25)/p-1/b16-9+/t13-/m1/s1. The summed E-state index contributed by atoms with van der Waals surface area (Å²) < 4.78 is 17.4. The Kier molecular flexibility index (Phi) is 4.77. The van der Waals surface area contributed by atoms with Crippen LogP contribution in [0.25, 0.3) is 22.7 Å². The lowest BCUT2D eigenvalue weighted by Gasteiger charge is -2.12. The number of para-hydroxylation sites is 2. The fourth-order valence-electron chi connectivity index (χ4n) is 3.39. The first-order valence-corrected chi connectivity index (χ1v) is 9.26. The summed E-state index contributed by atoms with van der Waals surface area (Å²) in [6, 6.07) is 11.1. The molecule has 0 bridgehead atoms. The second-order valence-corrected chi connectivity index (χ2v) is 6.77. The van der Waals surface area contributed by atoms with Crippen molar-refractivity contribution in [3.05, 3.63) is 53.4 Å². The Balaban J connectivity index is 1.82. The molecule has 1 aliphatic heterocycles. The van der Waals surface area contributed by atoms with Gasteiger partial charge < -0.3 is 23.8 Å². The number of fused-ring (bicyclic) bond motifs is 2. The normalized spacial score (nSPS) is 16.1. The maximum atomic E-state index is 11.4. The van der Waals surface area contributed by atoms with E-state index in [1.807, 2.05) is 44.2 Å². The number of hydrogen-bond acceptors (Lipinski definition) is 6. The molecule has 0 radical (unpaired) electrons. The zero-order chi connectivity index (χ0) is 19.7. The fraction of sp³-hybridized carbons (Fsp3) is 0.273. The molecule has 1 atom stereocenters. The van der Waals surface area contributed by atoms with Crippen molar-refractivity contribution < 1.29 is 23.8 Å². The largest absolute Gasteiger partial charge is 0.550 e. The van der Waals surface area contributed by atoms with Gasteiger partial charge in [-0.15, -0.1) is 0 Å². The molecule has 28 heavy (non-hydrogen) atoms. The highest BCUT2D eigenvalue weighted by Gasteiger charge is 2.22. The zero-order valence-corrected chi connectivity index (χ0v) is 15.7. The second kappa shape index (κ2) is 7.38. The van der Waals surface area contributed by atoms with E-state index in [1.54, 1.807) is 12.1 Å². The van der Waals surface area contributed by atoms with Crippen LogP contribution in [-0.2, 0) is 11.2 Å². The van der Waals surface area contributed by atoms with Crippen LogP contribution >= 0.6 is 0 Å². The number of rotatable bonds is 6. The summed E-state index contributed by atoms with van der Waals surface area (Å²) in [5.74, 6) is 0.499. The number of carbonyl (C=O) groups is 1. The van der Waals surface area contributed by atoms with Crippen molar-refractivity contribution >= 4 is 28.7 Å². The Morgan fingerprint density at radius 1 is 1.36 bits per heavy atom. The van der Waals surface area contributed by atoms with Crippen LogP contribution in [0.15, 0.2) is 40.8 Å². The lowest BCUT2D eigenvalue weighted by molar-refractivity contribution is -0.304. The third-order valence-electron chi connectivity index (χ3n) is 4.56. The molecule has 0 aliphatic carbocycles. The molecule has 0 saturated heterocycles. The van der Waals surface area contributed by atoms with Crippen LogP contribution in [0, 0.1) is 0 Å². The van der Waals surface area contributed by atoms with Crippen LogP contribution in [0.5, 0.6) is 11.5 Å². The molecule has 0 fully saturated rings. The van der Waals surface area contributed by atoms with E-state index in [0.29, 0.717) is 34.6 Å². The van der Waals surface area contributed by atoms with E-state index in [2.05, 4.69) is 4.98 Å². The highest BCUT2D eigenvalue weighted by Crippen LogP contribution is 2.37. The second-order valence-electron chi connectivity index (χ2n) is 6.77. The Hall–Kier alpha value is -3.28. The van der Waals surface area contributed by atoms with Crippen LogP contribution in [0.4, 0.5) is 0 Å². The van der Waals surface area contributed by atoms with Crippen molar-refractivity contribution in [1.29, 1.82) is 0 Å². The summed E-state index contributed by atoms with van der Waals surface area (Å²) in [5, 5.41) is 11.4. The third-order valence-corrected chi connectivity index (χ3v) is 4.56. The predicted molar refractivity (Wildman–Crippen MR) is 103 cm³/mol. The minimum absolute atomic E-state index is 0.100. The minimum Gasteiger partial charge on any atom is -0.550 e. The Morgan fingerprint density at radius 3 is 2.93 bits per heavy atom. The van der Waals surface area contributed by atoms with Gasteiger partial charge in [-0.2, -0.15) is 0 Å². The fourth-order valence-corrected chi connectivity index (χ4v) is 3.39. The molecule has 1 aromatic heterocycles. The molecule has 0 saturated carbocycles. The van der Waals surface area contributed by atoms with Gasteiger partial charge in [0.05, 0.1) is 6.61 Å². The van der Waals surface area contributed by atoms with Crippen molar-refractivity contribution in [3.8, 4) is 11.5 Å². The predicted octanol–water partition coefficient (Wildman–Crippen LogP) is 3.23. The van der Waals surface area contributed by atoms with Gasteiger partial charge in [-0.3, -0.25) is 0 Å². The maximum Gasteiger partial charge on any atom is 0.223 e. The highest BCUT2D eigenvalue weighted by molar-refractivity contribution is 5.91. The van der Waals surface area contributed by atoms with Crippen LogP contribution < -0.4 is 14.6 Å². The van der Waals surface area contributed by atoms with Crippen LogP contribution in [0.1, 0.15) is 37.3 Å². The average molecular weight is 378 g/mol. The van der Waals surface area contributed by atoms with E-state index in [4.69, 9.17) is 13.9 Å². The molecule has 0 N–H and O–H groups in total. The number of carbonyl (C=O) groups excluding carboxylic acids is 1. The number of carboxylic acids is 1. The summed E-state index contributed by atoms with van der Waals surface area (Å²) in [5.41, 5.74) is 3.46. The number of aromatic nitrogens is 1. The molecule has 0 amide bonds. The molecular formula is C22H20NO5-. The number of oxazole rings is 1. The highest BCUT2D eigenvalue weighted by atomic mass is 16.5. The minimum atomic E-state index is -1.21. The first-order valence-electron chi connectivity index (χ1n) is 9.26. The molecule has 3 aromatic rings. The van der Waals surface area contributed by atoms with Crippen molar-refractivity contribution in [1.82, 2.24) is 4.98 Å². The van der Waals surface area contributed by atoms with Gasteiger partial charge >= 0.3 is 0 Å². The SMILES string of the molecule is CCOc1cc2c(cc1/C=C(\CC(=O)[O-])c1nc3ccccc3o1)O[C@H](C)C2. The molecule has 6 nitrogen and oxygen atoms in total. The van der Waals surface area contributed by atoms with Crippen LogP contribution in [0.2, 0.25) is 0 Å². The number of carboxylic acid groups (broad SMARTS) is 1. The molecule has 2 aromatic carbocycles. The van der Waals surface area contributed by atoms with Gasteiger partial charge in [-0.1, -0.05) is 12.1 Å².